The van der Waals surface area contributed by atoms with Crippen molar-refractivity contribution in [1.82, 2.24) is 0 Å². The fraction of sp³-hybridized carbons (Fsp3) is 0.250. The smallest absolute Gasteiger partial charge is 0.164 e. The lowest BCUT2D eigenvalue weighted by Crippen LogP contribution is -2.04. The summed E-state index contributed by atoms with van der Waals surface area (Å²) < 4.78 is 13.6. The molecule has 0 amide bonds. The first kappa shape index (κ1) is 13.9. The largest absolute Gasteiger partial charge is 0.383 e. The molecule has 0 aliphatic carbocycles. The minimum absolute atomic E-state index is 0.161. The zero-order valence-corrected chi connectivity index (χ0v) is 11.5. The van der Waals surface area contributed by atoms with Gasteiger partial charge in [0, 0.05) is 6.54 Å². The number of nitrogens with one attached hydrogen (secondary N) is 1. The summed E-state index contributed by atoms with van der Waals surface area (Å²) in [4.78, 5) is 0. The first-order valence-electron chi connectivity index (χ1n) is 6.49. The molecule has 2 rings (SSSR count). The number of hydrogen-bond donors (Lipinski definition) is 1. The minimum atomic E-state index is -0.368. The lowest BCUT2D eigenvalue weighted by molar-refractivity contribution is 0.629. The van der Waals surface area contributed by atoms with Crippen LogP contribution in [0.3, 0.4) is 0 Å². The number of anilines is 1. The van der Waals surface area contributed by atoms with Gasteiger partial charge in [0.25, 0.3) is 0 Å². The predicted molar refractivity (Wildman–Crippen MR) is 79.3 cm³/mol. The molecule has 2 aromatic rings. The highest BCUT2D eigenvalue weighted by Crippen LogP contribution is 2.21. The Bertz CT molecular complexity index is 513. The third kappa shape index (κ3) is 4.25. The molecule has 0 unspecified atom stereocenters. The van der Waals surface area contributed by atoms with Crippen LogP contribution in [0.5, 0.6) is 0 Å². The van der Waals surface area contributed by atoms with Crippen LogP contribution in [0.4, 0.5) is 10.1 Å². The fourth-order valence-corrected chi connectivity index (χ4v) is 2.14. The lowest BCUT2D eigenvalue weighted by atomic mass is 10.1. The number of halogens is 2. The van der Waals surface area contributed by atoms with Gasteiger partial charge in [0.05, 0.1) is 10.7 Å². The van der Waals surface area contributed by atoms with Gasteiger partial charge < -0.3 is 5.32 Å². The van der Waals surface area contributed by atoms with Gasteiger partial charge in [0.1, 0.15) is 0 Å². The summed E-state index contributed by atoms with van der Waals surface area (Å²) in [5.74, 6) is -0.368. The van der Waals surface area contributed by atoms with Gasteiger partial charge in [-0.25, -0.2) is 4.39 Å². The molecular weight excluding hydrogens is 261 g/mol. The van der Waals surface area contributed by atoms with Crippen molar-refractivity contribution in [3.63, 3.8) is 0 Å². The number of aryl methyl sites for hydroxylation is 1. The number of unbranched alkanes of at least 4 members (excludes halogenated alkanes) is 1. The Morgan fingerprint density at radius 2 is 1.74 bits per heavy atom. The second-order valence-corrected chi connectivity index (χ2v) is 4.88. The highest BCUT2D eigenvalue weighted by atomic mass is 35.5. The summed E-state index contributed by atoms with van der Waals surface area (Å²) in [5, 5.41) is 3.24. The van der Waals surface area contributed by atoms with Gasteiger partial charge in [-0.2, -0.15) is 0 Å². The maximum Gasteiger partial charge on any atom is 0.164 e. The molecule has 0 aliphatic heterocycles. The Morgan fingerprint density at radius 1 is 0.947 bits per heavy atom. The maximum absolute atomic E-state index is 13.6. The quantitative estimate of drug-likeness (QED) is 0.740. The number of benzene rings is 2. The first-order valence-corrected chi connectivity index (χ1v) is 6.87. The molecule has 0 heterocycles. The minimum Gasteiger partial charge on any atom is -0.383 e. The fourth-order valence-electron chi connectivity index (χ4n) is 1.96. The van der Waals surface area contributed by atoms with Gasteiger partial charge >= 0.3 is 0 Å². The predicted octanol–water partition coefficient (Wildman–Crippen LogP) is 4.91. The van der Waals surface area contributed by atoms with Crippen LogP contribution in [0.2, 0.25) is 5.02 Å². The molecule has 3 heteroatoms. The molecule has 1 N–H and O–H groups in total. The first-order chi connectivity index (χ1) is 9.27. The summed E-state index contributed by atoms with van der Waals surface area (Å²) in [6.07, 6.45) is 3.14. The zero-order valence-electron chi connectivity index (χ0n) is 10.7. The van der Waals surface area contributed by atoms with E-state index in [9.17, 15) is 4.39 Å². The van der Waals surface area contributed by atoms with Crippen LogP contribution in [0.1, 0.15) is 18.4 Å². The van der Waals surface area contributed by atoms with E-state index in [0.717, 1.165) is 25.8 Å². The maximum atomic E-state index is 13.6. The number of hydrogen-bond acceptors (Lipinski definition) is 1. The summed E-state index contributed by atoms with van der Waals surface area (Å²) in [7, 11) is 0. The lowest BCUT2D eigenvalue weighted by Gasteiger charge is -2.08. The van der Waals surface area contributed by atoms with Crippen molar-refractivity contribution in [2.24, 2.45) is 0 Å². The molecule has 0 atom stereocenters. The molecule has 19 heavy (non-hydrogen) atoms. The van der Waals surface area contributed by atoms with E-state index in [1.165, 1.54) is 5.56 Å². The van der Waals surface area contributed by atoms with E-state index < -0.39 is 0 Å². The van der Waals surface area contributed by atoms with Crippen LogP contribution in [-0.4, -0.2) is 6.54 Å². The van der Waals surface area contributed by atoms with Crippen molar-refractivity contribution in [2.45, 2.75) is 19.3 Å². The van der Waals surface area contributed by atoms with E-state index in [-0.39, 0.29) is 10.8 Å². The molecule has 0 radical (unpaired) electrons. The van der Waals surface area contributed by atoms with Gasteiger partial charge in [-0.1, -0.05) is 48.0 Å². The van der Waals surface area contributed by atoms with E-state index in [4.69, 9.17) is 11.6 Å². The van der Waals surface area contributed by atoms with Gasteiger partial charge in [-0.05, 0) is 37.0 Å². The standard InChI is InChI=1S/C16H17ClFN/c17-14-10-6-11-15(16(14)18)19-12-5-4-9-13-7-2-1-3-8-13/h1-3,6-8,10-11,19H,4-5,9,12H2. The highest BCUT2D eigenvalue weighted by molar-refractivity contribution is 6.31. The van der Waals surface area contributed by atoms with Crippen LogP contribution in [-0.2, 0) is 6.42 Å². The second-order valence-electron chi connectivity index (χ2n) is 4.47. The van der Waals surface area contributed by atoms with Crippen LogP contribution in [0, 0.1) is 5.82 Å². The molecule has 0 aromatic heterocycles. The highest BCUT2D eigenvalue weighted by Gasteiger charge is 2.04. The van der Waals surface area contributed by atoms with Gasteiger partial charge in [0.2, 0.25) is 0 Å². The molecule has 0 spiro atoms. The molecule has 2 aromatic carbocycles. The molecule has 0 bridgehead atoms. The van der Waals surface area contributed by atoms with Crippen molar-refractivity contribution >= 4 is 17.3 Å². The molecule has 0 saturated heterocycles. The average molecular weight is 278 g/mol. The molecule has 0 fully saturated rings. The second kappa shape index (κ2) is 7.15. The van der Waals surface area contributed by atoms with Crippen molar-refractivity contribution in [2.75, 3.05) is 11.9 Å². The molecule has 0 saturated carbocycles. The number of rotatable bonds is 6. The molecule has 1 nitrogen and oxygen atoms in total. The van der Waals surface area contributed by atoms with E-state index in [1.807, 2.05) is 6.07 Å². The Balaban J connectivity index is 1.71. The Labute approximate surface area is 118 Å². The zero-order chi connectivity index (χ0) is 13.5. The molecule has 100 valence electrons. The SMILES string of the molecule is Fc1c(Cl)cccc1NCCCCc1ccccc1. The third-order valence-corrected chi connectivity index (χ3v) is 3.29. The Morgan fingerprint density at radius 3 is 2.53 bits per heavy atom. The third-order valence-electron chi connectivity index (χ3n) is 3.00. The van der Waals surface area contributed by atoms with Crippen molar-refractivity contribution in [1.29, 1.82) is 0 Å². The van der Waals surface area contributed by atoms with Crippen molar-refractivity contribution in [3.05, 3.63) is 64.9 Å². The van der Waals surface area contributed by atoms with E-state index in [0.29, 0.717) is 5.69 Å². The Hall–Kier alpha value is -1.54. The normalized spacial score (nSPS) is 10.4. The van der Waals surface area contributed by atoms with Gasteiger partial charge in [0.15, 0.2) is 5.82 Å². The molecular formula is C16H17ClFN. The van der Waals surface area contributed by atoms with Crippen LogP contribution in [0.25, 0.3) is 0 Å². The van der Waals surface area contributed by atoms with Gasteiger partial charge in [-0.15, -0.1) is 0 Å². The van der Waals surface area contributed by atoms with E-state index in [1.54, 1.807) is 18.2 Å². The van der Waals surface area contributed by atoms with Crippen LogP contribution >= 0.6 is 11.6 Å². The topological polar surface area (TPSA) is 12.0 Å². The van der Waals surface area contributed by atoms with Crippen molar-refractivity contribution in [3.8, 4) is 0 Å². The van der Waals surface area contributed by atoms with Crippen LogP contribution in [0.15, 0.2) is 48.5 Å². The summed E-state index contributed by atoms with van der Waals surface area (Å²) in [6.45, 7) is 0.754. The van der Waals surface area contributed by atoms with Crippen molar-refractivity contribution < 1.29 is 4.39 Å². The van der Waals surface area contributed by atoms with E-state index in [2.05, 4.69) is 29.6 Å². The Kier molecular flexibility index (Phi) is 5.22. The van der Waals surface area contributed by atoms with Gasteiger partial charge in [-0.3, -0.25) is 0 Å². The van der Waals surface area contributed by atoms with E-state index >= 15 is 0 Å². The monoisotopic (exact) mass is 277 g/mol. The summed E-state index contributed by atoms with van der Waals surface area (Å²) >= 11 is 5.72. The van der Waals surface area contributed by atoms with Crippen LogP contribution < -0.4 is 5.32 Å². The average Bonchev–Trinajstić information content (AvgIpc) is 2.44. The summed E-state index contributed by atoms with van der Waals surface area (Å²) in [5.41, 5.74) is 1.82. The summed E-state index contributed by atoms with van der Waals surface area (Å²) in [6, 6.07) is 15.4. The molecule has 0 aliphatic rings.